The van der Waals surface area contributed by atoms with Crippen molar-refractivity contribution < 1.29 is 66.4 Å². The van der Waals surface area contributed by atoms with E-state index in [9.17, 15) is 48.2 Å². The molecule has 8 N–H and O–H groups in total. The predicted octanol–water partition coefficient (Wildman–Crippen LogP) is -0.00730. The second kappa shape index (κ2) is 14.2. The summed E-state index contributed by atoms with van der Waals surface area (Å²) in [6, 6.07) is 0.127. The molecule has 0 amide bonds. The van der Waals surface area contributed by atoms with Crippen LogP contribution < -0.4 is 11.4 Å². The maximum atomic E-state index is 12.3. The number of phosphoric acid groups is 2. The number of thioether (sulfide) groups is 1. The van der Waals surface area contributed by atoms with Gasteiger partial charge in [0.2, 0.25) is 0 Å². The average Bonchev–Trinajstić information content (AvgIpc) is 3.08. The predicted molar refractivity (Wildman–Crippen MR) is 133 cm³/mol. The summed E-state index contributed by atoms with van der Waals surface area (Å²) >= 11 is 1.33. The van der Waals surface area contributed by atoms with Crippen LogP contribution in [0, 0.1) is 0 Å². The van der Waals surface area contributed by atoms with E-state index >= 15 is 0 Å². The number of hydrogen-bond donors (Lipinski definition) is 7. The standard InChI is InChI=1S/C17H30N3O15P3S/c1-2-8-39-12-5-6-20(17(25)19-12)15-14(22)13(21)11(33-15)9-32-37(28,29)35-38(30,31)34-36(26,27)7-3-4-10(18)16(23)24/h5-6,10-11,13-15,21-22H,2-4,7-9,18H2,1H3,(H,23,24)(H,26,27)(H,28,29)(H,30,31)/t10?,11-,13?,14?,15-/m1/s1. The fourth-order valence-corrected chi connectivity index (χ4v) is 8.01. The van der Waals surface area contributed by atoms with Crippen LogP contribution in [0.2, 0.25) is 0 Å². The van der Waals surface area contributed by atoms with Crippen molar-refractivity contribution in [1.29, 1.82) is 0 Å². The van der Waals surface area contributed by atoms with Gasteiger partial charge in [0.15, 0.2) is 6.23 Å². The zero-order valence-electron chi connectivity index (χ0n) is 20.4. The lowest BCUT2D eigenvalue weighted by Crippen LogP contribution is -2.36. The van der Waals surface area contributed by atoms with Gasteiger partial charge in [0, 0.05) is 6.20 Å². The number of aromatic nitrogens is 2. The molecule has 39 heavy (non-hydrogen) atoms. The average molecular weight is 641 g/mol. The van der Waals surface area contributed by atoms with Crippen molar-refractivity contribution in [2.75, 3.05) is 18.5 Å². The van der Waals surface area contributed by atoms with Gasteiger partial charge in [0.25, 0.3) is 0 Å². The highest BCUT2D eigenvalue weighted by Crippen LogP contribution is 2.67. The minimum absolute atomic E-state index is 0.276. The van der Waals surface area contributed by atoms with Gasteiger partial charge in [-0.1, -0.05) is 6.92 Å². The molecule has 1 aliphatic rings. The van der Waals surface area contributed by atoms with E-state index in [4.69, 9.17) is 15.6 Å². The zero-order chi connectivity index (χ0) is 29.6. The molecule has 0 aromatic carbocycles. The minimum atomic E-state index is -5.69. The minimum Gasteiger partial charge on any atom is -0.480 e. The molecular weight excluding hydrogens is 611 g/mol. The Labute approximate surface area is 225 Å². The van der Waals surface area contributed by atoms with Gasteiger partial charge in [-0.25, -0.2) is 18.2 Å². The van der Waals surface area contributed by atoms with E-state index in [0.717, 1.165) is 11.0 Å². The number of rotatable bonds is 16. The molecule has 1 saturated heterocycles. The summed E-state index contributed by atoms with van der Waals surface area (Å²) in [6.07, 6.45) is -5.73. The molecule has 2 rings (SSSR count). The van der Waals surface area contributed by atoms with E-state index in [1.807, 2.05) is 6.92 Å². The number of ether oxygens (including phenoxy) is 1. The zero-order valence-corrected chi connectivity index (χ0v) is 23.9. The SMILES string of the molecule is CCCSc1ccn([C@@H]2O[C@H](COP(=O)(O)OP(=O)(O)OP(=O)(O)CCCC(N)C(=O)O)C(O)C2O)c(=O)n1. The molecule has 1 aromatic rings. The molecule has 0 aliphatic carbocycles. The summed E-state index contributed by atoms with van der Waals surface area (Å²) < 4.78 is 55.0. The summed E-state index contributed by atoms with van der Waals surface area (Å²) in [5, 5.41) is 29.7. The fourth-order valence-electron chi connectivity index (χ4n) is 3.15. The number of aliphatic hydroxyl groups excluding tert-OH is 2. The van der Waals surface area contributed by atoms with Gasteiger partial charge in [0.1, 0.15) is 29.4 Å². The summed E-state index contributed by atoms with van der Waals surface area (Å²) in [7, 11) is -16.1. The van der Waals surface area contributed by atoms with Crippen LogP contribution in [0.25, 0.3) is 0 Å². The lowest BCUT2D eigenvalue weighted by molar-refractivity contribution is -0.138. The highest BCUT2D eigenvalue weighted by atomic mass is 32.2. The van der Waals surface area contributed by atoms with E-state index in [2.05, 4.69) is 18.1 Å². The summed E-state index contributed by atoms with van der Waals surface area (Å²) in [4.78, 5) is 56.0. The first kappa shape index (κ1) is 34.2. The Bertz CT molecular complexity index is 1200. The van der Waals surface area contributed by atoms with Crippen molar-refractivity contribution in [3.05, 3.63) is 22.7 Å². The van der Waals surface area contributed by atoms with Crippen LogP contribution in [0.15, 0.2) is 22.1 Å². The Kier molecular flexibility index (Phi) is 12.5. The van der Waals surface area contributed by atoms with Crippen molar-refractivity contribution in [2.45, 2.75) is 61.8 Å². The van der Waals surface area contributed by atoms with Crippen molar-refractivity contribution in [1.82, 2.24) is 9.55 Å². The number of phosphoric ester groups is 1. The van der Waals surface area contributed by atoms with Gasteiger partial charge in [0.05, 0.1) is 12.8 Å². The Morgan fingerprint density at radius 1 is 1.21 bits per heavy atom. The molecule has 1 aliphatic heterocycles. The van der Waals surface area contributed by atoms with Crippen LogP contribution in [-0.2, 0) is 36.4 Å². The summed E-state index contributed by atoms with van der Waals surface area (Å²) in [5.74, 6) is -0.666. The number of carboxylic acid groups (broad SMARTS) is 1. The fraction of sp³-hybridized carbons (Fsp3) is 0.706. The highest BCUT2D eigenvalue weighted by molar-refractivity contribution is 7.99. The quantitative estimate of drug-likeness (QED) is 0.0709. The van der Waals surface area contributed by atoms with Crippen molar-refractivity contribution in [2.24, 2.45) is 5.73 Å². The van der Waals surface area contributed by atoms with Crippen molar-refractivity contribution in [3.63, 3.8) is 0 Å². The Hall–Kier alpha value is -1.01. The third kappa shape index (κ3) is 10.7. The second-order valence-corrected chi connectivity index (χ2v) is 14.5. The number of nitrogens with zero attached hydrogens (tertiary/aromatic N) is 2. The first-order valence-electron chi connectivity index (χ1n) is 11.2. The number of aliphatic hydroxyl groups is 2. The lowest BCUT2D eigenvalue weighted by atomic mass is 10.1. The molecule has 2 heterocycles. The van der Waals surface area contributed by atoms with Crippen LogP contribution in [0.3, 0.4) is 0 Å². The number of nitrogens with two attached hydrogens (primary N) is 1. The van der Waals surface area contributed by atoms with Gasteiger partial charge in [-0.3, -0.25) is 18.5 Å². The summed E-state index contributed by atoms with van der Waals surface area (Å²) in [6.45, 7) is 0.942. The Balaban J connectivity index is 1.96. The molecule has 0 saturated carbocycles. The highest BCUT2D eigenvalue weighted by Gasteiger charge is 2.46. The van der Waals surface area contributed by atoms with Gasteiger partial charge < -0.3 is 40.5 Å². The third-order valence-electron chi connectivity index (χ3n) is 4.98. The number of carboxylic acids is 1. The van der Waals surface area contributed by atoms with Crippen molar-refractivity contribution in [3.8, 4) is 0 Å². The van der Waals surface area contributed by atoms with Gasteiger partial charge in [-0.05, 0) is 31.1 Å². The molecule has 18 nitrogen and oxygen atoms in total. The molecular formula is C17H30N3O15P3S. The maximum absolute atomic E-state index is 12.3. The third-order valence-corrected chi connectivity index (χ3v) is 11.0. The Morgan fingerprint density at radius 3 is 2.46 bits per heavy atom. The normalized spacial score (nSPS) is 26.8. The van der Waals surface area contributed by atoms with Gasteiger partial charge in [-0.2, -0.15) is 9.29 Å². The molecule has 0 spiro atoms. The maximum Gasteiger partial charge on any atom is 0.488 e. The molecule has 22 heteroatoms. The molecule has 8 atom stereocenters. The lowest BCUT2D eigenvalue weighted by Gasteiger charge is -2.20. The van der Waals surface area contributed by atoms with Crippen LogP contribution in [0.1, 0.15) is 32.4 Å². The molecule has 224 valence electrons. The van der Waals surface area contributed by atoms with Crippen LogP contribution in [0.5, 0.6) is 0 Å². The van der Waals surface area contributed by atoms with Gasteiger partial charge in [-0.15, -0.1) is 11.8 Å². The number of carbonyl (C=O) groups is 1. The van der Waals surface area contributed by atoms with E-state index in [1.54, 1.807) is 0 Å². The number of hydrogen-bond acceptors (Lipinski definition) is 14. The monoisotopic (exact) mass is 641 g/mol. The van der Waals surface area contributed by atoms with Crippen LogP contribution in [0.4, 0.5) is 0 Å². The molecule has 1 fully saturated rings. The van der Waals surface area contributed by atoms with Crippen LogP contribution in [-0.4, -0.2) is 88.4 Å². The molecule has 0 radical (unpaired) electrons. The second-order valence-electron chi connectivity index (χ2n) is 8.19. The van der Waals surface area contributed by atoms with E-state index < -0.39 is 78.3 Å². The summed E-state index contributed by atoms with van der Waals surface area (Å²) in [5.41, 5.74) is 4.44. The van der Waals surface area contributed by atoms with E-state index in [1.165, 1.54) is 24.0 Å². The molecule has 1 aromatic heterocycles. The van der Waals surface area contributed by atoms with Crippen molar-refractivity contribution >= 4 is 41.0 Å². The topological polar surface area (TPSA) is 287 Å². The Morgan fingerprint density at radius 2 is 1.87 bits per heavy atom. The van der Waals surface area contributed by atoms with E-state index in [-0.39, 0.29) is 12.8 Å². The van der Waals surface area contributed by atoms with Gasteiger partial charge >= 0.3 is 34.9 Å². The molecule has 6 unspecified atom stereocenters. The number of aliphatic carboxylic acids is 1. The first-order chi connectivity index (χ1) is 18.0. The van der Waals surface area contributed by atoms with E-state index in [0.29, 0.717) is 10.8 Å². The molecule has 0 bridgehead atoms. The first-order valence-corrected chi connectivity index (χ1v) is 17.0. The van der Waals surface area contributed by atoms with Crippen LogP contribution >= 0.6 is 35.0 Å². The largest absolute Gasteiger partial charge is 0.488 e. The smallest absolute Gasteiger partial charge is 0.480 e.